The standard InChI is InChI=1S/C31H30FN7O3/c1-31(17-41-18-31)12-11-20(15-33)30(40)38-13-5-6-21(16-38)39-29-26(28(34)35-19-36-29)27(37-39)24-10-9-23(14-25(24)32)42-22-7-3-2-4-8-22/h2-4,7-11,14,19,21H,5-6,12-13,16-18H2,1H3,(H2,34,35,36). The number of anilines is 1. The Labute approximate surface area is 242 Å². The minimum Gasteiger partial charge on any atom is -0.457 e. The first-order valence-electron chi connectivity index (χ1n) is 13.8. The molecule has 2 saturated heterocycles. The van der Waals surface area contributed by atoms with Crippen LogP contribution in [0.3, 0.4) is 0 Å². The molecule has 0 bridgehead atoms. The highest BCUT2D eigenvalue weighted by Crippen LogP contribution is 2.37. The summed E-state index contributed by atoms with van der Waals surface area (Å²) in [6.07, 6.45) is 5.09. The molecule has 4 aromatic rings. The first kappa shape index (κ1) is 27.4. The van der Waals surface area contributed by atoms with Crippen molar-refractivity contribution in [1.29, 1.82) is 5.26 Å². The third-order valence-corrected chi connectivity index (χ3v) is 7.77. The van der Waals surface area contributed by atoms with Crippen LogP contribution in [0.25, 0.3) is 22.3 Å². The molecule has 42 heavy (non-hydrogen) atoms. The molecule has 0 radical (unpaired) electrons. The number of aromatic nitrogens is 4. The number of nitrogens with zero attached hydrogens (tertiary/aromatic N) is 6. The van der Waals surface area contributed by atoms with E-state index in [1.54, 1.807) is 39.9 Å². The van der Waals surface area contributed by atoms with Crippen molar-refractivity contribution in [1.82, 2.24) is 24.6 Å². The van der Waals surface area contributed by atoms with Gasteiger partial charge in [0.05, 0.1) is 24.6 Å². The lowest BCUT2D eigenvalue weighted by atomic mass is 9.84. The number of fused-ring (bicyclic) bond motifs is 1. The van der Waals surface area contributed by atoms with Crippen molar-refractivity contribution in [2.75, 3.05) is 32.0 Å². The van der Waals surface area contributed by atoms with Gasteiger partial charge in [-0.25, -0.2) is 19.0 Å². The Hall–Kier alpha value is -4.82. The number of hydrogen-bond donors (Lipinski definition) is 1. The number of nitrogen functional groups attached to an aromatic ring is 1. The molecule has 2 aliphatic heterocycles. The summed E-state index contributed by atoms with van der Waals surface area (Å²) in [5.41, 5.74) is 7.34. The molecule has 2 aliphatic rings. The predicted molar refractivity (Wildman–Crippen MR) is 154 cm³/mol. The Morgan fingerprint density at radius 1 is 1.24 bits per heavy atom. The molecule has 2 aromatic heterocycles. The van der Waals surface area contributed by atoms with Crippen LogP contribution in [-0.4, -0.2) is 56.9 Å². The van der Waals surface area contributed by atoms with Crippen LogP contribution in [0.15, 0.2) is 66.5 Å². The van der Waals surface area contributed by atoms with Crippen molar-refractivity contribution in [3.8, 4) is 28.8 Å². The van der Waals surface area contributed by atoms with Crippen LogP contribution >= 0.6 is 0 Å². The van der Waals surface area contributed by atoms with Gasteiger partial charge in [-0.2, -0.15) is 10.4 Å². The van der Waals surface area contributed by atoms with Crippen molar-refractivity contribution >= 4 is 22.8 Å². The quantitative estimate of drug-likeness (QED) is 0.242. The van der Waals surface area contributed by atoms with E-state index in [1.165, 1.54) is 12.4 Å². The first-order chi connectivity index (χ1) is 20.3. The monoisotopic (exact) mass is 567 g/mol. The number of allylic oxidation sites excluding steroid dienone is 1. The minimum atomic E-state index is -0.534. The van der Waals surface area contributed by atoms with Gasteiger partial charge in [0.15, 0.2) is 5.65 Å². The second kappa shape index (κ2) is 11.2. The number of rotatable bonds is 7. The van der Waals surface area contributed by atoms with Crippen LogP contribution in [-0.2, 0) is 9.53 Å². The largest absolute Gasteiger partial charge is 0.457 e. The van der Waals surface area contributed by atoms with Crippen LogP contribution < -0.4 is 10.5 Å². The Balaban J connectivity index is 1.29. The van der Waals surface area contributed by atoms with E-state index in [4.69, 9.17) is 20.3 Å². The van der Waals surface area contributed by atoms with Gasteiger partial charge in [0.1, 0.15) is 46.8 Å². The fourth-order valence-electron chi connectivity index (χ4n) is 5.42. The van der Waals surface area contributed by atoms with E-state index in [2.05, 4.69) is 23.0 Å². The lowest BCUT2D eigenvalue weighted by Crippen LogP contribution is -2.42. The van der Waals surface area contributed by atoms with Crippen molar-refractivity contribution in [3.63, 3.8) is 0 Å². The van der Waals surface area contributed by atoms with Crippen LogP contribution in [0.2, 0.25) is 0 Å². The van der Waals surface area contributed by atoms with E-state index in [0.29, 0.717) is 67.4 Å². The summed E-state index contributed by atoms with van der Waals surface area (Å²) in [5.74, 6) is 0.272. The average molecular weight is 568 g/mol. The highest BCUT2D eigenvalue weighted by atomic mass is 19.1. The third-order valence-electron chi connectivity index (χ3n) is 7.77. The topological polar surface area (TPSA) is 132 Å². The molecule has 1 atom stereocenters. The summed E-state index contributed by atoms with van der Waals surface area (Å²) in [7, 11) is 0. The van der Waals surface area contributed by atoms with Gasteiger partial charge in [-0.15, -0.1) is 0 Å². The van der Waals surface area contributed by atoms with Gasteiger partial charge in [-0.3, -0.25) is 4.79 Å². The van der Waals surface area contributed by atoms with Gasteiger partial charge in [-0.1, -0.05) is 31.2 Å². The normalized spacial score (nSPS) is 18.4. The maximum atomic E-state index is 15.5. The lowest BCUT2D eigenvalue weighted by molar-refractivity contribution is -0.128. The predicted octanol–water partition coefficient (Wildman–Crippen LogP) is 5.05. The number of piperidine rings is 1. The number of likely N-dealkylation sites (tertiary alicyclic amines) is 1. The Morgan fingerprint density at radius 3 is 2.76 bits per heavy atom. The zero-order valence-corrected chi connectivity index (χ0v) is 23.2. The second-order valence-corrected chi connectivity index (χ2v) is 11.1. The number of benzene rings is 2. The van der Waals surface area contributed by atoms with E-state index in [9.17, 15) is 10.1 Å². The molecule has 0 aliphatic carbocycles. The van der Waals surface area contributed by atoms with E-state index in [0.717, 1.165) is 6.42 Å². The molecule has 1 unspecified atom stereocenters. The number of hydrogen-bond acceptors (Lipinski definition) is 8. The Kier molecular flexibility index (Phi) is 7.31. The SMILES string of the molecule is CC1(CC=C(C#N)C(=O)N2CCCC(n3nc(-c4ccc(Oc5ccccc5)cc4F)c4c(N)ncnc43)C2)COC1. The van der Waals surface area contributed by atoms with Gasteiger partial charge >= 0.3 is 0 Å². The molecule has 2 aromatic carbocycles. The minimum absolute atomic E-state index is 0.0437. The van der Waals surface area contributed by atoms with Gasteiger partial charge in [0.25, 0.3) is 5.91 Å². The zero-order chi connectivity index (χ0) is 29.3. The smallest absolute Gasteiger partial charge is 0.264 e. The molecule has 2 fully saturated rings. The van der Waals surface area contributed by atoms with Crippen molar-refractivity contribution in [2.24, 2.45) is 5.41 Å². The summed E-state index contributed by atoms with van der Waals surface area (Å²) in [4.78, 5) is 23.6. The van der Waals surface area contributed by atoms with E-state index in [-0.39, 0.29) is 34.3 Å². The van der Waals surface area contributed by atoms with Gasteiger partial charge in [0.2, 0.25) is 0 Å². The van der Waals surface area contributed by atoms with Crippen molar-refractivity contribution < 1.29 is 18.7 Å². The summed E-state index contributed by atoms with van der Waals surface area (Å²) < 4.78 is 28.3. The van der Waals surface area contributed by atoms with Crippen LogP contribution in [0.4, 0.5) is 10.2 Å². The zero-order valence-electron chi connectivity index (χ0n) is 23.2. The third kappa shape index (κ3) is 5.29. The van der Waals surface area contributed by atoms with Gasteiger partial charge in [-0.05, 0) is 43.5 Å². The maximum absolute atomic E-state index is 15.5. The first-order valence-corrected chi connectivity index (χ1v) is 13.8. The van der Waals surface area contributed by atoms with Crippen LogP contribution in [0, 0.1) is 22.6 Å². The van der Waals surface area contributed by atoms with Gasteiger partial charge < -0.3 is 20.1 Å². The lowest BCUT2D eigenvalue weighted by Gasteiger charge is -2.37. The average Bonchev–Trinajstić information content (AvgIpc) is 3.38. The summed E-state index contributed by atoms with van der Waals surface area (Å²) in [6, 6.07) is 15.5. The fraction of sp³-hybridized carbons (Fsp3) is 0.323. The molecule has 6 rings (SSSR count). The van der Waals surface area contributed by atoms with Crippen molar-refractivity contribution in [3.05, 3.63) is 72.3 Å². The second-order valence-electron chi connectivity index (χ2n) is 11.1. The number of nitriles is 1. The molecule has 2 N–H and O–H groups in total. The van der Waals surface area contributed by atoms with Gasteiger partial charge in [0, 0.05) is 30.1 Å². The highest BCUT2D eigenvalue weighted by Gasteiger charge is 2.34. The molecule has 10 nitrogen and oxygen atoms in total. The number of ether oxygens (including phenoxy) is 2. The molecule has 214 valence electrons. The Bertz CT molecular complexity index is 1710. The maximum Gasteiger partial charge on any atom is 0.264 e. The molecule has 1 amide bonds. The molecular weight excluding hydrogens is 537 g/mol. The molecular formula is C31H30FN7O3. The van der Waals surface area contributed by atoms with E-state index in [1.807, 2.05) is 18.2 Å². The van der Waals surface area contributed by atoms with Crippen molar-refractivity contribution in [2.45, 2.75) is 32.2 Å². The summed E-state index contributed by atoms with van der Waals surface area (Å²) in [5, 5.41) is 15.0. The molecule has 0 saturated carbocycles. The fourth-order valence-corrected chi connectivity index (χ4v) is 5.42. The van der Waals surface area contributed by atoms with Crippen LogP contribution in [0.5, 0.6) is 11.5 Å². The molecule has 11 heteroatoms. The summed E-state index contributed by atoms with van der Waals surface area (Å²) in [6.45, 7) is 4.15. The number of carbonyl (C=O) groups is 1. The number of nitrogens with two attached hydrogens (primary N) is 1. The number of carbonyl (C=O) groups excluding carboxylic acids is 1. The molecule has 4 heterocycles. The Morgan fingerprint density at radius 2 is 2.05 bits per heavy atom. The number of para-hydroxylation sites is 1. The highest BCUT2D eigenvalue weighted by molar-refractivity contribution is 5.99. The summed E-state index contributed by atoms with van der Waals surface area (Å²) >= 11 is 0. The van der Waals surface area contributed by atoms with Crippen LogP contribution in [0.1, 0.15) is 32.2 Å². The number of amides is 1. The van der Waals surface area contributed by atoms with E-state index < -0.39 is 5.82 Å². The number of halogens is 1. The molecule has 0 spiro atoms. The van der Waals surface area contributed by atoms with E-state index >= 15 is 4.39 Å².